The first-order valence-electron chi connectivity index (χ1n) is 8.26. The van der Waals surface area contributed by atoms with Gasteiger partial charge >= 0.3 is 0 Å². The van der Waals surface area contributed by atoms with E-state index in [4.69, 9.17) is 9.47 Å². The summed E-state index contributed by atoms with van der Waals surface area (Å²) < 4.78 is 10.5. The van der Waals surface area contributed by atoms with Gasteiger partial charge < -0.3 is 20.1 Å². The summed E-state index contributed by atoms with van der Waals surface area (Å²) >= 11 is 0. The van der Waals surface area contributed by atoms with E-state index in [1.165, 1.54) is 0 Å². The molecule has 0 spiro atoms. The number of benzene rings is 2. The third-order valence-corrected chi connectivity index (χ3v) is 3.35. The van der Waals surface area contributed by atoms with Crippen LogP contribution in [-0.2, 0) is 4.79 Å². The molecule has 138 valence electrons. The van der Waals surface area contributed by atoms with Crippen LogP contribution in [0, 0.1) is 0 Å². The van der Waals surface area contributed by atoms with Gasteiger partial charge in [0.25, 0.3) is 11.8 Å². The molecular weight excluding hydrogens is 332 g/mol. The van der Waals surface area contributed by atoms with Gasteiger partial charge in [0.1, 0.15) is 11.5 Å². The van der Waals surface area contributed by atoms with E-state index >= 15 is 0 Å². The molecule has 6 heteroatoms. The number of nitrogens with one attached hydrogen (secondary N) is 2. The molecule has 2 aromatic rings. The molecule has 2 rings (SSSR count). The Labute approximate surface area is 153 Å². The van der Waals surface area contributed by atoms with Gasteiger partial charge in [-0.3, -0.25) is 9.59 Å². The Morgan fingerprint density at radius 1 is 0.923 bits per heavy atom. The molecule has 0 atom stereocenters. The van der Waals surface area contributed by atoms with Gasteiger partial charge in [-0.15, -0.1) is 0 Å². The second-order valence-corrected chi connectivity index (χ2v) is 6.79. The number of carbonyl (C=O) groups excluding carboxylic acids is 2. The van der Waals surface area contributed by atoms with Crippen LogP contribution in [0.25, 0.3) is 0 Å². The van der Waals surface area contributed by atoms with E-state index in [1.807, 2.05) is 20.8 Å². The van der Waals surface area contributed by atoms with Crippen molar-refractivity contribution in [3.63, 3.8) is 0 Å². The van der Waals surface area contributed by atoms with Crippen molar-refractivity contribution in [1.82, 2.24) is 5.32 Å². The fourth-order valence-corrected chi connectivity index (χ4v) is 2.14. The zero-order chi connectivity index (χ0) is 19.2. The number of hydrogen-bond acceptors (Lipinski definition) is 4. The number of ether oxygens (including phenoxy) is 2. The zero-order valence-corrected chi connectivity index (χ0v) is 15.5. The van der Waals surface area contributed by atoms with E-state index in [0.717, 1.165) is 5.75 Å². The summed E-state index contributed by atoms with van der Waals surface area (Å²) in [5.74, 6) is 0.860. The number of carbonyl (C=O) groups is 2. The van der Waals surface area contributed by atoms with Gasteiger partial charge in [-0.2, -0.15) is 0 Å². The molecule has 0 unspecified atom stereocenters. The number of hydrogen-bond donors (Lipinski definition) is 2. The third-order valence-electron chi connectivity index (χ3n) is 3.35. The van der Waals surface area contributed by atoms with E-state index in [0.29, 0.717) is 17.0 Å². The monoisotopic (exact) mass is 356 g/mol. The molecule has 0 fully saturated rings. The van der Waals surface area contributed by atoms with E-state index in [2.05, 4.69) is 10.6 Å². The maximum absolute atomic E-state index is 12.1. The molecule has 0 radical (unpaired) electrons. The molecular formula is C20H24N2O4. The predicted octanol–water partition coefficient (Wildman–Crippen LogP) is 3.24. The standard InChI is InChI=1S/C20H24N2O4/c1-20(2,3)22-19(24)14-5-7-15(8-6-14)21-18(23)13-26-17-11-9-16(25-4)10-12-17/h5-12H,13H2,1-4H3,(H,21,23)(H,22,24). The first-order valence-corrected chi connectivity index (χ1v) is 8.26. The van der Waals surface area contributed by atoms with Crippen LogP contribution in [0.1, 0.15) is 31.1 Å². The molecule has 0 heterocycles. The predicted molar refractivity (Wildman–Crippen MR) is 101 cm³/mol. The van der Waals surface area contributed by atoms with Crippen LogP contribution in [0.4, 0.5) is 5.69 Å². The maximum Gasteiger partial charge on any atom is 0.262 e. The summed E-state index contributed by atoms with van der Waals surface area (Å²) in [6.45, 7) is 5.64. The molecule has 0 aromatic heterocycles. The van der Waals surface area contributed by atoms with Gasteiger partial charge in [-0.25, -0.2) is 0 Å². The average molecular weight is 356 g/mol. The minimum absolute atomic E-state index is 0.113. The van der Waals surface area contributed by atoms with Crippen LogP contribution >= 0.6 is 0 Å². The lowest BCUT2D eigenvalue weighted by molar-refractivity contribution is -0.118. The second kappa shape index (κ2) is 8.38. The lowest BCUT2D eigenvalue weighted by Crippen LogP contribution is -2.40. The van der Waals surface area contributed by atoms with Crippen molar-refractivity contribution in [2.24, 2.45) is 0 Å². The number of anilines is 1. The molecule has 0 bridgehead atoms. The Kier molecular flexibility index (Phi) is 6.22. The highest BCUT2D eigenvalue weighted by molar-refractivity contribution is 5.96. The summed E-state index contributed by atoms with van der Waals surface area (Å²) in [5, 5.41) is 5.62. The summed E-state index contributed by atoms with van der Waals surface area (Å²) in [6, 6.07) is 13.7. The molecule has 0 aliphatic heterocycles. The Bertz CT molecular complexity index is 747. The summed E-state index contributed by atoms with van der Waals surface area (Å²) in [6.07, 6.45) is 0. The molecule has 2 amide bonds. The number of rotatable bonds is 6. The molecule has 2 N–H and O–H groups in total. The van der Waals surface area contributed by atoms with Crippen LogP contribution in [0.3, 0.4) is 0 Å². The lowest BCUT2D eigenvalue weighted by atomic mass is 10.1. The van der Waals surface area contributed by atoms with Crippen molar-refractivity contribution in [2.45, 2.75) is 26.3 Å². The second-order valence-electron chi connectivity index (χ2n) is 6.79. The van der Waals surface area contributed by atoms with Crippen LogP contribution in [-0.4, -0.2) is 31.1 Å². The Morgan fingerprint density at radius 2 is 1.50 bits per heavy atom. The smallest absolute Gasteiger partial charge is 0.262 e. The van der Waals surface area contributed by atoms with Crippen molar-refractivity contribution in [3.8, 4) is 11.5 Å². The lowest BCUT2D eigenvalue weighted by Gasteiger charge is -2.20. The van der Waals surface area contributed by atoms with Gasteiger partial charge in [-0.1, -0.05) is 0 Å². The summed E-state index contributed by atoms with van der Waals surface area (Å²) in [4.78, 5) is 24.0. The molecule has 6 nitrogen and oxygen atoms in total. The molecule has 0 aliphatic carbocycles. The van der Waals surface area contributed by atoms with E-state index in [1.54, 1.807) is 55.6 Å². The first-order chi connectivity index (χ1) is 12.3. The maximum atomic E-state index is 12.1. The van der Waals surface area contributed by atoms with Crippen molar-refractivity contribution in [2.75, 3.05) is 19.0 Å². The summed E-state index contributed by atoms with van der Waals surface area (Å²) in [5.41, 5.74) is 0.830. The largest absolute Gasteiger partial charge is 0.497 e. The van der Waals surface area contributed by atoms with Gasteiger partial charge in [-0.05, 0) is 69.3 Å². The topological polar surface area (TPSA) is 76.7 Å². The minimum Gasteiger partial charge on any atom is -0.497 e. The fraction of sp³-hybridized carbons (Fsp3) is 0.300. The molecule has 0 aliphatic rings. The van der Waals surface area contributed by atoms with Crippen molar-refractivity contribution >= 4 is 17.5 Å². The molecule has 0 saturated heterocycles. The third kappa shape index (κ3) is 6.12. The van der Waals surface area contributed by atoms with E-state index in [-0.39, 0.29) is 24.0 Å². The fourth-order valence-electron chi connectivity index (χ4n) is 2.14. The van der Waals surface area contributed by atoms with E-state index in [9.17, 15) is 9.59 Å². The quantitative estimate of drug-likeness (QED) is 0.833. The minimum atomic E-state index is -0.303. The van der Waals surface area contributed by atoms with Gasteiger partial charge in [0, 0.05) is 16.8 Å². The zero-order valence-electron chi connectivity index (χ0n) is 15.5. The van der Waals surface area contributed by atoms with Crippen LogP contribution in [0.2, 0.25) is 0 Å². The molecule has 0 saturated carbocycles. The highest BCUT2D eigenvalue weighted by Gasteiger charge is 2.15. The van der Waals surface area contributed by atoms with Crippen LogP contribution < -0.4 is 20.1 Å². The van der Waals surface area contributed by atoms with E-state index < -0.39 is 0 Å². The Hall–Kier alpha value is -3.02. The SMILES string of the molecule is COc1ccc(OCC(=O)Nc2ccc(C(=O)NC(C)(C)C)cc2)cc1. The highest BCUT2D eigenvalue weighted by Crippen LogP contribution is 2.17. The Morgan fingerprint density at radius 3 is 2.04 bits per heavy atom. The van der Waals surface area contributed by atoms with Gasteiger partial charge in [0.2, 0.25) is 0 Å². The first kappa shape index (κ1) is 19.3. The average Bonchev–Trinajstić information content (AvgIpc) is 2.59. The normalized spacial score (nSPS) is 10.8. The summed E-state index contributed by atoms with van der Waals surface area (Å²) in [7, 11) is 1.58. The van der Waals surface area contributed by atoms with Gasteiger partial charge in [0.15, 0.2) is 6.61 Å². The Balaban J connectivity index is 1.85. The molecule has 26 heavy (non-hydrogen) atoms. The van der Waals surface area contributed by atoms with Crippen molar-refractivity contribution in [1.29, 1.82) is 0 Å². The van der Waals surface area contributed by atoms with Crippen LogP contribution in [0.5, 0.6) is 11.5 Å². The number of amides is 2. The molecule has 2 aromatic carbocycles. The van der Waals surface area contributed by atoms with Gasteiger partial charge in [0.05, 0.1) is 7.11 Å². The van der Waals surface area contributed by atoms with Crippen molar-refractivity contribution in [3.05, 3.63) is 54.1 Å². The highest BCUT2D eigenvalue weighted by atomic mass is 16.5. The van der Waals surface area contributed by atoms with Crippen molar-refractivity contribution < 1.29 is 19.1 Å². The number of methoxy groups -OCH3 is 1. The van der Waals surface area contributed by atoms with Crippen LogP contribution in [0.15, 0.2) is 48.5 Å².